The molecule has 0 radical (unpaired) electrons. The van der Waals surface area contributed by atoms with Crippen molar-refractivity contribution in [3.63, 3.8) is 0 Å². The summed E-state index contributed by atoms with van der Waals surface area (Å²) in [5.74, 6) is -4.69. The number of fused-ring (bicyclic) bond motifs is 8. The molecule has 2 unspecified atom stereocenters. The van der Waals surface area contributed by atoms with Gasteiger partial charge in [-0.1, -0.05) is 54.3 Å². The van der Waals surface area contributed by atoms with Gasteiger partial charge < -0.3 is 19.4 Å². The Morgan fingerprint density at radius 1 is 0.542 bits per heavy atom. The van der Waals surface area contributed by atoms with Crippen LogP contribution in [0.3, 0.4) is 0 Å². The van der Waals surface area contributed by atoms with E-state index >= 15 is 0 Å². The van der Waals surface area contributed by atoms with Gasteiger partial charge in [0.25, 0.3) is 0 Å². The van der Waals surface area contributed by atoms with Gasteiger partial charge in [0.15, 0.2) is 0 Å². The van der Waals surface area contributed by atoms with Crippen molar-refractivity contribution in [3.8, 4) is 0 Å². The zero-order valence-corrected chi connectivity index (χ0v) is 39.2. The number of hydrogen-bond donors (Lipinski definition) is 0. The van der Waals surface area contributed by atoms with Gasteiger partial charge in [-0.15, -0.1) is 22.1 Å². The van der Waals surface area contributed by atoms with Gasteiger partial charge in [-0.05, 0) is 96.6 Å². The van der Waals surface area contributed by atoms with E-state index in [1.165, 1.54) is 41.9 Å². The van der Waals surface area contributed by atoms with Crippen LogP contribution >= 0.6 is 0 Å². The van der Waals surface area contributed by atoms with E-state index in [1.807, 2.05) is 65.8 Å². The van der Waals surface area contributed by atoms with Crippen LogP contribution in [0.2, 0.25) is 0 Å². The van der Waals surface area contributed by atoms with Crippen LogP contribution in [0.1, 0.15) is 113 Å². The second-order valence-electron chi connectivity index (χ2n) is 15.5. The predicted octanol–water partition coefficient (Wildman–Crippen LogP) is 7.12. The summed E-state index contributed by atoms with van der Waals surface area (Å²) in [6.07, 6.45) is 0.889. The molecule has 3 aromatic rings. The van der Waals surface area contributed by atoms with E-state index in [9.17, 15) is 28.8 Å². The van der Waals surface area contributed by atoms with Crippen LogP contribution in [0.25, 0.3) is 44.4 Å². The van der Waals surface area contributed by atoms with E-state index in [0.29, 0.717) is 68.8 Å². The van der Waals surface area contributed by atoms with E-state index in [1.54, 1.807) is 0 Å². The first-order valence-corrected chi connectivity index (χ1v) is 19.5. The normalized spacial score (nSPS) is 13.7. The fourth-order valence-corrected chi connectivity index (χ4v) is 8.76. The summed E-state index contributed by atoms with van der Waals surface area (Å²) < 4.78 is 9.95. The number of esters is 2. The minimum atomic E-state index is -0.919. The van der Waals surface area contributed by atoms with Crippen LogP contribution in [-0.2, 0) is 70.6 Å². The van der Waals surface area contributed by atoms with Gasteiger partial charge in [-0.3, -0.25) is 28.8 Å². The molecule has 2 aliphatic heterocycles. The molecule has 5 heterocycles. The monoisotopic (exact) mass is 852 g/mol. The summed E-state index contributed by atoms with van der Waals surface area (Å²) in [6.45, 7) is 17.0. The molecule has 306 valence electrons. The molecule has 3 aromatic heterocycles. The molecular formula is C46H52N4O8Zn. The molecule has 0 spiro atoms. The minimum Gasteiger partial charge on any atom is -0.657 e. The Labute approximate surface area is 357 Å². The average Bonchev–Trinajstić information content (AvgIpc) is 3.81. The van der Waals surface area contributed by atoms with Crippen molar-refractivity contribution in [1.29, 1.82) is 0 Å². The minimum absolute atomic E-state index is 0. The van der Waals surface area contributed by atoms with Crippen molar-refractivity contribution in [1.82, 2.24) is 19.9 Å². The van der Waals surface area contributed by atoms with Gasteiger partial charge in [0, 0.05) is 24.7 Å². The van der Waals surface area contributed by atoms with Crippen molar-refractivity contribution in [2.75, 3.05) is 14.2 Å². The van der Waals surface area contributed by atoms with E-state index in [0.717, 1.165) is 33.4 Å². The number of ketones is 4. The summed E-state index contributed by atoms with van der Waals surface area (Å²) >= 11 is 0. The molecule has 0 N–H and O–H groups in total. The standard InChI is InChI=1S/C46H52N4O8.Zn/c1-21-31(13-15-41(55)57-11)37-20-38-32(14-16-42(56)58-12)22(2)34(48-38)18-39-44(26(6)46(29(9)53)30(10)54)24(4)36(50-39)19-40-43(25(5)45(27(7)51)28(8)52)23(3)35(49-40)17-33(21)47-37;/h17-20,25-26,45-46H,13-16H2,1-12H3;/q-2;+2. The molecule has 0 fully saturated rings. The average molecular weight is 854 g/mol. The second kappa shape index (κ2) is 18.8. The molecule has 2 aliphatic rings. The Hall–Kier alpha value is -5.16. The molecule has 12 nitrogen and oxygen atoms in total. The maximum atomic E-state index is 13.0. The number of carbonyl (C=O) groups is 6. The SMILES string of the molecule is COC(=O)CCc1c(C)c2cc3nc(cc4nc(cc5[n-]c(cc1[n-]2)c(CCC(=O)OC)c5C)C(C(C)C(C(C)=O)C(C)=O)=C4C)C(C(C)C(C(C)=O)C(C)=O)=C3C.[Zn+2]. The molecule has 0 amide bonds. The number of Topliss-reactive ketones (excluding diaryl/α,β-unsaturated/α-hetero) is 4. The number of hydrogen-bond acceptors (Lipinski definition) is 10. The molecule has 2 atom stereocenters. The number of methoxy groups -OCH3 is 2. The van der Waals surface area contributed by atoms with Crippen LogP contribution in [0.4, 0.5) is 0 Å². The molecule has 13 heteroatoms. The quantitative estimate of drug-likeness (QED) is 0.0914. The molecule has 0 aliphatic carbocycles. The third-order valence-corrected chi connectivity index (χ3v) is 11.8. The van der Waals surface area contributed by atoms with Gasteiger partial charge in [0.2, 0.25) is 0 Å². The van der Waals surface area contributed by atoms with Crippen molar-refractivity contribution < 1.29 is 57.7 Å². The summed E-state index contributed by atoms with van der Waals surface area (Å²) in [4.78, 5) is 97.0. The van der Waals surface area contributed by atoms with E-state index in [2.05, 4.69) is 0 Å². The first-order chi connectivity index (χ1) is 27.3. The first kappa shape index (κ1) is 46.5. The van der Waals surface area contributed by atoms with Crippen LogP contribution in [-0.4, -0.2) is 59.3 Å². The zero-order chi connectivity index (χ0) is 42.9. The second-order valence-corrected chi connectivity index (χ2v) is 15.5. The Bertz CT molecular complexity index is 2460. The van der Waals surface area contributed by atoms with Gasteiger partial charge in [-0.2, -0.15) is 0 Å². The van der Waals surface area contributed by atoms with Crippen molar-refractivity contribution >= 4 is 79.4 Å². The Morgan fingerprint density at radius 2 is 0.881 bits per heavy atom. The fraction of sp³-hybridized carbons (Fsp3) is 0.435. The fourth-order valence-electron chi connectivity index (χ4n) is 8.76. The summed E-state index contributed by atoms with van der Waals surface area (Å²) in [5, 5.41) is 0. The molecule has 8 bridgehead atoms. The molecule has 0 saturated heterocycles. The number of rotatable bonds is 14. The van der Waals surface area contributed by atoms with Gasteiger partial charge in [0.05, 0.1) is 48.8 Å². The van der Waals surface area contributed by atoms with Crippen molar-refractivity contribution in [3.05, 3.63) is 69.3 Å². The third-order valence-electron chi connectivity index (χ3n) is 11.8. The smallest absolute Gasteiger partial charge is 0.657 e. The van der Waals surface area contributed by atoms with Crippen LogP contribution in [0, 0.1) is 37.5 Å². The van der Waals surface area contributed by atoms with E-state index in [-0.39, 0.29) is 67.4 Å². The molecule has 0 aromatic carbocycles. The molecular weight excluding hydrogens is 802 g/mol. The van der Waals surface area contributed by atoms with Gasteiger partial charge >= 0.3 is 31.4 Å². The van der Waals surface area contributed by atoms with Crippen LogP contribution < -0.4 is 9.97 Å². The summed E-state index contributed by atoms with van der Waals surface area (Å²) in [6, 6.07) is 7.41. The number of aromatic nitrogens is 4. The van der Waals surface area contributed by atoms with Crippen LogP contribution in [0.5, 0.6) is 0 Å². The maximum absolute atomic E-state index is 13.0. The molecule has 59 heavy (non-hydrogen) atoms. The Balaban J connectivity index is 0.00000769. The maximum Gasteiger partial charge on any atom is 2.00 e. The molecule has 0 saturated carbocycles. The number of ether oxygens (including phenoxy) is 2. The summed E-state index contributed by atoms with van der Waals surface area (Å²) in [5.41, 5.74) is 10.7. The van der Waals surface area contributed by atoms with Gasteiger partial charge in [-0.25, -0.2) is 9.97 Å². The molecule has 5 rings (SSSR count). The van der Waals surface area contributed by atoms with Gasteiger partial charge in [0.1, 0.15) is 23.1 Å². The zero-order valence-electron chi connectivity index (χ0n) is 36.2. The third kappa shape index (κ3) is 9.35. The largest absolute Gasteiger partial charge is 2.00 e. The number of nitrogens with zero attached hydrogens (tertiary/aromatic N) is 4. The van der Waals surface area contributed by atoms with Crippen molar-refractivity contribution in [2.24, 2.45) is 23.7 Å². The predicted molar refractivity (Wildman–Crippen MR) is 222 cm³/mol. The van der Waals surface area contributed by atoms with E-state index in [4.69, 9.17) is 29.4 Å². The van der Waals surface area contributed by atoms with Crippen LogP contribution in [0.15, 0.2) is 24.3 Å². The topological polar surface area (TPSA) is 175 Å². The summed E-state index contributed by atoms with van der Waals surface area (Å²) in [7, 11) is 2.69. The van der Waals surface area contributed by atoms with Crippen molar-refractivity contribution in [2.45, 2.75) is 94.9 Å². The van der Waals surface area contributed by atoms with E-state index < -0.39 is 23.7 Å². The number of carbonyl (C=O) groups excluding carboxylic acids is 6. The Kier molecular flexibility index (Phi) is 14.9. The first-order valence-electron chi connectivity index (χ1n) is 19.5. The Morgan fingerprint density at radius 3 is 1.24 bits per heavy atom. The number of aryl methyl sites for hydroxylation is 4. The number of allylic oxidation sites excluding steroid dienone is 4.